The molecule has 0 atom stereocenters. The van der Waals surface area contributed by atoms with Gasteiger partial charge in [0, 0.05) is 30.4 Å². The number of nitrogens with one attached hydrogen (secondary N) is 1. The number of tetrazole rings is 1. The Labute approximate surface area is 214 Å². The molecule has 0 radical (unpaired) electrons. The number of rotatable bonds is 7. The topological polar surface area (TPSA) is 120 Å². The van der Waals surface area contributed by atoms with Gasteiger partial charge >= 0.3 is 0 Å². The van der Waals surface area contributed by atoms with Crippen molar-refractivity contribution in [3.63, 3.8) is 0 Å². The molecule has 11 heteroatoms. The largest absolute Gasteiger partial charge is 0.370 e. The maximum Gasteiger partial charge on any atom is 0.275 e. The Morgan fingerprint density at radius 2 is 1.95 bits per heavy atom. The van der Waals surface area contributed by atoms with Gasteiger partial charge in [-0.3, -0.25) is 9.48 Å². The Morgan fingerprint density at radius 1 is 1.11 bits per heavy atom. The van der Waals surface area contributed by atoms with Gasteiger partial charge in [-0.15, -0.1) is 5.10 Å². The van der Waals surface area contributed by atoms with Gasteiger partial charge in [-0.1, -0.05) is 6.07 Å². The monoisotopic (exact) mass is 498 g/mol. The van der Waals surface area contributed by atoms with Crippen LogP contribution in [-0.2, 0) is 0 Å². The van der Waals surface area contributed by atoms with Crippen LogP contribution in [0.4, 0.5) is 11.5 Å². The number of aromatic nitrogens is 8. The minimum Gasteiger partial charge on any atom is -0.370 e. The molecular formula is C26H30N10O. The summed E-state index contributed by atoms with van der Waals surface area (Å²) in [4.78, 5) is 24.8. The lowest BCUT2D eigenvalue weighted by Gasteiger charge is -2.30. The molecular weight excluding hydrogens is 468 g/mol. The number of amides is 1. The SMILES string of the molecule is CC(C)n1nnnc1-c1cccc(NC(=O)c2cc(-c3cnn(C4CC4)c3)c(N3CCCCC3)cn2)n1. The van der Waals surface area contributed by atoms with Crippen LogP contribution in [0.15, 0.2) is 42.9 Å². The third-order valence-electron chi connectivity index (χ3n) is 6.85. The van der Waals surface area contributed by atoms with Crippen molar-refractivity contribution in [3.05, 3.63) is 48.5 Å². The van der Waals surface area contributed by atoms with Gasteiger partial charge in [-0.25, -0.2) is 14.6 Å². The first-order valence-electron chi connectivity index (χ1n) is 12.9. The Bertz CT molecular complexity index is 1410. The van der Waals surface area contributed by atoms with E-state index in [0.717, 1.165) is 42.7 Å². The molecule has 1 saturated heterocycles. The zero-order valence-electron chi connectivity index (χ0n) is 21.1. The number of piperidine rings is 1. The fourth-order valence-electron chi connectivity index (χ4n) is 4.73. The van der Waals surface area contributed by atoms with Crippen molar-refractivity contribution in [2.45, 2.75) is 58.0 Å². The third kappa shape index (κ3) is 4.81. The smallest absolute Gasteiger partial charge is 0.275 e. The van der Waals surface area contributed by atoms with Crippen molar-refractivity contribution in [1.29, 1.82) is 0 Å². The number of hydrogen-bond donors (Lipinski definition) is 1. The highest BCUT2D eigenvalue weighted by molar-refractivity contribution is 6.03. The fraction of sp³-hybridized carbons (Fsp3) is 0.423. The van der Waals surface area contributed by atoms with Gasteiger partial charge in [-0.2, -0.15) is 5.10 Å². The van der Waals surface area contributed by atoms with Crippen molar-refractivity contribution in [2.75, 3.05) is 23.3 Å². The summed E-state index contributed by atoms with van der Waals surface area (Å²) in [5.74, 6) is 0.630. The van der Waals surface area contributed by atoms with Crippen LogP contribution >= 0.6 is 0 Å². The molecule has 1 N–H and O–H groups in total. The molecule has 1 aliphatic carbocycles. The summed E-state index contributed by atoms with van der Waals surface area (Å²) in [6.45, 7) is 5.97. The number of hydrogen-bond acceptors (Lipinski definition) is 8. The van der Waals surface area contributed by atoms with E-state index in [2.05, 4.69) is 47.0 Å². The summed E-state index contributed by atoms with van der Waals surface area (Å²) in [5.41, 5.74) is 3.94. The molecule has 4 aromatic heterocycles. The van der Waals surface area contributed by atoms with E-state index in [1.165, 1.54) is 19.3 Å². The van der Waals surface area contributed by atoms with Crippen LogP contribution in [0, 0.1) is 0 Å². The number of pyridine rings is 2. The molecule has 2 fully saturated rings. The molecule has 5 heterocycles. The lowest BCUT2D eigenvalue weighted by atomic mass is 10.0. The van der Waals surface area contributed by atoms with Gasteiger partial charge in [0.25, 0.3) is 5.91 Å². The lowest BCUT2D eigenvalue weighted by molar-refractivity contribution is 0.102. The molecule has 11 nitrogen and oxygen atoms in total. The van der Waals surface area contributed by atoms with Gasteiger partial charge < -0.3 is 10.2 Å². The van der Waals surface area contributed by atoms with Crippen molar-refractivity contribution in [3.8, 4) is 22.6 Å². The second-order valence-electron chi connectivity index (χ2n) is 9.98. The highest BCUT2D eigenvalue weighted by Crippen LogP contribution is 2.37. The molecule has 0 bridgehead atoms. The van der Waals surface area contributed by atoms with Gasteiger partial charge in [-0.05, 0) is 74.6 Å². The first-order chi connectivity index (χ1) is 18.1. The normalized spacial score (nSPS) is 15.8. The van der Waals surface area contributed by atoms with E-state index >= 15 is 0 Å². The van der Waals surface area contributed by atoms with Crippen LogP contribution in [0.3, 0.4) is 0 Å². The molecule has 190 valence electrons. The predicted molar refractivity (Wildman–Crippen MR) is 139 cm³/mol. The minimum absolute atomic E-state index is 0.0790. The van der Waals surface area contributed by atoms with E-state index < -0.39 is 0 Å². The van der Waals surface area contributed by atoms with Gasteiger partial charge in [0.1, 0.15) is 17.2 Å². The fourth-order valence-corrected chi connectivity index (χ4v) is 4.73. The van der Waals surface area contributed by atoms with E-state index in [1.54, 1.807) is 10.7 Å². The Balaban J connectivity index is 1.29. The summed E-state index contributed by atoms with van der Waals surface area (Å²) >= 11 is 0. The van der Waals surface area contributed by atoms with E-state index in [-0.39, 0.29) is 11.9 Å². The van der Waals surface area contributed by atoms with Crippen LogP contribution in [0.1, 0.15) is 68.5 Å². The Hall–Kier alpha value is -4.15. The van der Waals surface area contributed by atoms with E-state index in [4.69, 9.17) is 0 Å². The van der Waals surface area contributed by atoms with Gasteiger partial charge in [0.05, 0.1) is 30.2 Å². The van der Waals surface area contributed by atoms with Crippen LogP contribution in [0.5, 0.6) is 0 Å². The van der Waals surface area contributed by atoms with Gasteiger partial charge in [0.2, 0.25) is 5.82 Å². The van der Waals surface area contributed by atoms with Crippen molar-refractivity contribution >= 4 is 17.4 Å². The van der Waals surface area contributed by atoms with Crippen LogP contribution in [-0.4, -0.2) is 59.0 Å². The van der Waals surface area contributed by atoms with Crippen molar-refractivity contribution < 1.29 is 4.79 Å². The molecule has 0 unspecified atom stereocenters. The summed E-state index contributed by atoms with van der Waals surface area (Å²) < 4.78 is 3.73. The number of anilines is 2. The summed E-state index contributed by atoms with van der Waals surface area (Å²) in [7, 11) is 0. The standard InChI is InChI=1S/C26H30N10O/c1-17(2)36-25(31-32-33-36)21-7-6-8-24(29-21)30-26(37)22-13-20(18-14-28-35(16-18)19-9-10-19)23(15-27-22)34-11-4-3-5-12-34/h6-8,13-17,19H,3-5,9-12H2,1-2H3,(H,29,30,37). The van der Waals surface area contributed by atoms with Crippen molar-refractivity contribution in [2.24, 2.45) is 0 Å². The van der Waals surface area contributed by atoms with Crippen molar-refractivity contribution in [1.82, 2.24) is 40.0 Å². The number of carbonyl (C=O) groups is 1. The summed E-state index contributed by atoms with van der Waals surface area (Å²) in [6, 6.07) is 7.83. The number of nitrogens with zero attached hydrogens (tertiary/aromatic N) is 9. The third-order valence-corrected chi connectivity index (χ3v) is 6.85. The second kappa shape index (κ2) is 9.72. The molecule has 0 spiro atoms. The molecule has 0 aromatic carbocycles. The predicted octanol–water partition coefficient (Wildman–Crippen LogP) is 4.15. The number of carbonyl (C=O) groups excluding carboxylic acids is 1. The maximum absolute atomic E-state index is 13.3. The second-order valence-corrected chi connectivity index (χ2v) is 9.98. The average molecular weight is 499 g/mol. The molecule has 1 amide bonds. The highest BCUT2D eigenvalue weighted by Gasteiger charge is 2.26. The van der Waals surface area contributed by atoms with Crippen LogP contribution in [0.25, 0.3) is 22.6 Å². The highest BCUT2D eigenvalue weighted by atomic mass is 16.1. The minimum atomic E-state index is -0.325. The maximum atomic E-state index is 13.3. The van der Waals surface area contributed by atoms with E-state index in [0.29, 0.717) is 29.1 Å². The lowest BCUT2D eigenvalue weighted by Crippen LogP contribution is -2.30. The summed E-state index contributed by atoms with van der Waals surface area (Å²) in [6.07, 6.45) is 11.7. The zero-order chi connectivity index (χ0) is 25.4. The molecule has 6 rings (SSSR count). The zero-order valence-corrected chi connectivity index (χ0v) is 21.1. The average Bonchev–Trinajstić information content (AvgIpc) is 3.44. The molecule has 4 aromatic rings. The Kier molecular flexibility index (Phi) is 6.11. The molecule has 1 saturated carbocycles. The molecule has 2 aliphatic rings. The first kappa shape index (κ1) is 23.3. The Morgan fingerprint density at radius 3 is 2.73 bits per heavy atom. The molecule has 1 aliphatic heterocycles. The van der Waals surface area contributed by atoms with Crippen LogP contribution in [0.2, 0.25) is 0 Å². The van der Waals surface area contributed by atoms with Gasteiger partial charge in [0.15, 0.2) is 0 Å². The quantitative estimate of drug-likeness (QED) is 0.403. The molecule has 37 heavy (non-hydrogen) atoms. The van der Waals surface area contributed by atoms with E-state index in [9.17, 15) is 4.79 Å². The van der Waals surface area contributed by atoms with E-state index in [1.807, 2.05) is 49.1 Å². The first-order valence-corrected chi connectivity index (χ1v) is 12.9. The summed E-state index contributed by atoms with van der Waals surface area (Å²) in [5, 5.41) is 19.4. The van der Waals surface area contributed by atoms with Crippen LogP contribution < -0.4 is 10.2 Å².